The fourth-order valence-corrected chi connectivity index (χ4v) is 5.82. The van der Waals surface area contributed by atoms with Crippen LogP contribution >= 0.6 is 10.7 Å². The van der Waals surface area contributed by atoms with Gasteiger partial charge < -0.3 is 0 Å². The Morgan fingerprint density at radius 2 is 0.529 bits per heavy atom. The van der Waals surface area contributed by atoms with Gasteiger partial charge in [0.2, 0.25) is 9.05 Å². The van der Waals surface area contributed by atoms with Crippen LogP contribution in [0.1, 0.15) is 187 Å². The lowest BCUT2D eigenvalue weighted by Crippen LogP contribution is -1.96. The highest BCUT2D eigenvalue weighted by Crippen LogP contribution is 2.16. The van der Waals surface area contributed by atoms with E-state index in [0.717, 1.165) is 12.8 Å². The molecule has 0 amide bonds. The van der Waals surface area contributed by atoms with Gasteiger partial charge in [-0.3, -0.25) is 0 Å². The van der Waals surface area contributed by atoms with Gasteiger partial charge in [0.1, 0.15) is 0 Å². The van der Waals surface area contributed by atoms with Crippen LogP contribution in [0.5, 0.6) is 0 Å². The minimum Gasteiger partial charge on any atom is -0.212 e. The van der Waals surface area contributed by atoms with Crippen LogP contribution in [0, 0.1) is 0 Å². The normalized spacial score (nSPS) is 11.9. The van der Waals surface area contributed by atoms with Crippen molar-refractivity contribution in [3.8, 4) is 0 Å². The Balaban J connectivity index is 3.04. The summed E-state index contributed by atoms with van der Waals surface area (Å²) >= 11 is 0. The van der Waals surface area contributed by atoms with Gasteiger partial charge in [-0.25, -0.2) is 8.42 Å². The van der Waals surface area contributed by atoms with E-state index < -0.39 is 9.05 Å². The SMILES string of the molecule is CCCCCCCCCCCCCCCCCCCCCCCCCCCCCCS(=O)(=O)Cl. The fraction of sp³-hybridized carbons (Fsp3) is 1.00. The third kappa shape index (κ3) is 32.2. The average molecular weight is 521 g/mol. The molecular formula is C30H61ClO2S. The summed E-state index contributed by atoms with van der Waals surface area (Å²) in [5.74, 6) is 0.133. The van der Waals surface area contributed by atoms with Crippen LogP contribution in [0.15, 0.2) is 0 Å². The molecule has 0 N–H and O–H groups in total. The molecule has 0 saturated carbocycles. The topological polar surface area (TPSA) is 34.1 Å². The first kappa shape index (κ1) is 34.2. The minimum absolute atomic E-state index is 0.133. The molecule has 0 aromatic rings. The van der Waals surface area contributed by atoms with Gasteiger partial charge in [0, 0.05) is 10.7 Å². The molecule has 34 heavy (non-hydrogen) atoms. The Bertz CT molecular complexity index is 478. The molecule has 0 unspecified atom stereocenters. The van der Waals surface area contributed by atoms with Crippen LogP contribution in [-0.2, 0) is 9.05 Å². The maximum atomic E-state index is 10.8. The molecule has 0 aromatic carbocycles. The molecule has 0 aromatic heterocycles. The quantitative estimate of drug-likeness (QED) is 0.0725. The molecule has 0 aliphatic heterocycles. The Morgan fingerprint density at radius 3 is 0.706 bits per heavy atom. The van der Waals surface area contributed by atoms with E-state index in [0.29, 0.717) is 6.42 Å². The van der Waals surface area contributed by atoms with E-state index in [-0.39, 0.29) is 5.75 Å². The first-order valence-electron chi connectivity index (χ1n) is 15.5. The van der Waals surface area contributed by atoms with E-state index in [1.165, 1.54) is 161 Å². The average Bonchev–Trinajstić information content (AvgIpc) is 2.80. The van der Waals surface area contributed by atoms with Crippen molar-refractivity contribution in [1.29, 1.82) is 0 Å². The first-order valence-corrected chi connectivity index (χ1v) is 18.0. The van der Waals surface area contributed by atoms with Crippen LogP contribution in [0.4, 0.5) is 0 Å². The van der Waals surface area contributed by atoms with Gasteiger partial charge in [-0.2, -0.15) is 0 Å². The summed E-state index contributed by atoms with van der Waals surface area (Å²) in [7, 11) is 1.94. The highest BCUT2D eigenvalue weighted by atomic mass is 35.7. The second-order valence-electron chi connectivity index (χ2n) is 10.8. The Morgan fingerprint density at radius 1 is 0.353 bits per heavy atom. The highest BCUT2D eigenvalue weighted by molar-refractivity contribution is 8.13. The second kappa shape index (κ2) is 27.8. The van der Waals surface area contributed by atoms with E-state index in [1.54, 1.807) is 0 Å². The van der Waals surface area contributed by atoms with E-state index in [2.05, 4.69) is 6.92 Å². The number of unbranched alkanes of at least 4 members (excludes halogenated alkanes) is 27. The van der Waals surface area contributed by atoms with Crippen molar-refractivity contribution >= 4 is 19.7 Å². The highest BCUT2D eigenvalue weighted by Gasteiger charge is 2.03. The van der Waals surface area contributed by atoms with Crippen LogP contribution < -0.4 is 0 Å². The van der Waals surface area contributed by atoms with Gasteiger partial charge >= 0.3 is 0 Å². The van der Waals surface area contributed by atoms with Gasteiger partial charge in [-0.1, -0.05) is 180 Å². The molecule has 0 fully saturated rings. The minimum atomic E-state index is -3.28. The molecule has 206 valence electrons. The van der Waals surface area contributed by atoms with Gasteiger partial charge in [-0.15, -0.1) is 0 Å². The molecule has 0 aliphatic carbocycles. The summed E-state index contributed by atoms with van der Waals surface area (Å²) in [5, 5.41) is 0. The lowest BCUT2D eigenvalue weighted by Gasteiger charge is -2.04. The molecule has 0 bridgehead atoms. The molecule has 0 spiro atoms. The number of hydrogen-bond acceptors (Lipinski definition) is 2. The first-order chi connectivity index (χ1) is 16.6. The maximum absolute atomic E-state index is 10.8. The van der Waals surface area contributed by atoms with Crippen molar-refractivity contribution in [3.05, 3.63) is 0 Å². The lowest BCUT2D eigenvalue weighted by molar-refractivity contribution is 0.514. The van der Waals surface area contributed by atoms with Crippen LogP contribution in [0.25, 0.3) is 0 Å². The van der Waals surface area contributed by atoms with Crippen molar-refractivity contribution in [2.45, 2.75) is 187 Å². The molecule has 2 nitrogen and oxygen atoms in total. The maximum Gasteiger partial charge on any atom is 0.232 e. The summed E-state index contributed by atoms with van der Waals surface area (Å²) in [5.41, 5.74) is 0. The monoisotopic (exact) mass is 520 g/mol. The summed E-state index contributed by atoms with van der Waals surface area (Å²) < 4.78 is 21.7. The standard InChI is InChI=1S/C30H61ClO2S/c1-2-3-4-5-6-7-8-9-10-11-12-13-14-15-16-17-18-19-20-21-22-23-24-25-26-27-28-29-30-34(31,32)33/h2-30H2,1H3. The summed E-state index contributed by atoms with van der Waals surface area (Å²) in [4.78, 5) is 0. The van der Waals surface area contributed by atoms with Crippen molar-refractivity contribution in [3.63, 3.8) is 0 Å². The van der Waals surface area contributed by atoms with Crippen molar-refractivity contribution in [2.24, 2.45) is 0 Å². The molecular weight excluding hydrogens is 460 g/mol. The smallest absolute Gasteiger partial charge is 0.212 e. The van der Waals surface area contributed by atoms with E-state index in [1.807, 2.05) is 0 Å². The van der Waals surface area contributed by atoms with Gasteiger partial charge in [0.15, 0.2) is 0 Å². The Kier molecular flexibility index (Phi) is 28.0. The van der Waals surface area contributed by atoms with Gasteiger partial charge in [0.25, 0.3) is 0 Å². The fourth-order valence-electron chi connectivity index (χ4n) is 4.94. The molecule has 0 radical (unpaired) electrons. The zero-order chi connectivity index (χ0) is 25.0. The summed E-state index contributed by atoms with van der Waals surface area (Å²) in [6.45, 7) is 2.30. The third-order valence-electron chi connectivity index (χ3n) is 7.24. The number of hydrogen-bond donors (Lipinski definition) is 0. The van der Waals surface area contributed by atoms with Gasteiger partial charge in [0.05, 0.1) is 5.75 Å². The molecule has 0 atom stereocenters. The largest absolute Gasteiger partial charge is 0.232 e. The predicted octanol–water partition coefficient (Wildman–Crippen LogP) is 11.5. The number of rotatable bonds is 29. The third-order valence-corrected chi connectivity index (χ3v) is 8.48. The van der Waals surface area contributed by atoms with Gasteiger partial charge in [-0.05, 0) is 6.42 Å². The van der Waals surface area contributed by atoms with Crippen molar-refractivity contribution in [1.82, 2.24) is 0 Å². The Labute approximate surface area is 220 Å². The van der Waals surface area contributed by atoms with Crippen molar-refractivity contribution in [2.75, 3.05) is 5.75 Å². The Hall–Kier alpha value is 0.240. The molecule has 0 heterocycles. The zero-order valence-electron chi connectivity index (χ0n) is 23.1. The van der Waals surface area contributed by atoms with Crippen molar-refractivity contribution < 1.29 is 8.42 Å². The summed E-state index contributed by atoms with van der Waals surface area (Å²) in [6.07, 6.45) is 38.5. The molecule has 0 saturated heterocycles. The lowest BCUT2D eigenvalue weighted by atomic mass is 10.0. The van der Waals surface area contributed by atoms with Crippen LogP contribution in [0.3, 0.4) is 0 Å². The number of halogens is 1. The molecule has 4 heteroatoms. The van der Waals surface area contributed by atoms with Crippen LogP contribution in [0.2, 0.25) is 0 Å². The van der Waals surface area contributed by atoms with E-state index in [4.69, 9.17) is 10.7 Å². The van der Waals surface area contributed by atoms with E-state index >= 15 is 0 Å². The summed E-state index contributed by atoms with van der Waals surface area (Å²) in [6, 6.07) is 0. The molecule has 0 aliphatic rings. The predicted molar refractivity (Wildman–Crippen MR) is 155 cm³/mol. The molecule has 0 rings (SSSR count). The van der Waals surface area contributed by atoms with E-state index in [9.17, 15) is 8.42 Å². The zero-order valence-corrected chi connectivity index (χ0v) is 24.7. The van der Waals surface area contributed by atoms with Crippen LogP contribution in [-0.4, -0.2) is 14.2 Å². The second-order valence-corrected chi connectivity index (χ2v) is 13.7.